The summed E-state index contributed by atoms with van der Waals surface area (Å²) in [6.07, 6.45) is 4.27. The zero-order valence-electron chi connectivity index (χ0n) is 19.5. The van der Waals surface area contributed by atoms with Crippen LogP contribution in [0.1, 0.15) is 45.1 Å². The fraction of sp³-hybridized carbons (Fsp3) is 0.667. The Kier molecular flexibility index (Phi) is 9.32. The highest BCUT2D eigenvalue weighted by Crippen LogP contribution is 2.26. The van der Waals surface area contributed by atoms with Crippen molar-refractivity contribution in [3.05, 3.63) is 29.8 Å². The summed E-state index contributed by atoms with van der Waals surface area (Å²) in [5.74, 6) is 0.933. The molecule has 1 saturated carbocycles. The van der Waals surface area contributed by atoms with Gasteiger partial charge in [0.1, 0.15) is 0 Å². The van der Waals surface area contributed by atoms with E-state index < -0.39 is 5.60 Å². The highest BCUT2D eigenvalue weighted by atomic mass is 16.5. The summed E-state index contributed by atoms with van der Waals surface area (Å²) >= 11 is 0. The van der Waals surface area contributed by atoms with Crippen LogP contribution in [0.5, 0.6) is 0 Å². The third-order valence-electron chi connectivity index (χ3n) is 5.99. The number of aliphatic imine (C=N–C) groups is 1. The number of hydrogen-bond acceptors (Lipinski definition) is 5. The second-order valence-electron chi connectivity index (χ2n) is 9.11. The molecule has 3 rings (SSSR count). The first-order valence-corrected chi connectivity index (χ1v) is 11.9. The molecule has 1 aromatic carbocycles. The van der Waals surface area contributed by atoms with Crippen molar-refractivity contribution >= 4 is 17.6 Å². The molecule has 1 aliphatic heterocycles. The van der Waals surface area contributed by atoms with Gasteiger partial charge in [0.05, 0.1) is 25.4 Å². The van der Waals surface area contributed by atoms with E-state index >= 15 is 0 Å². The maximum atomic E-state index is 12.4. The molecule has 32 heavy (non-hydrogen) atoms. The van der Waals surface area contributed by atoms with Gasteiger partial charge in [0, 0.05) is 44.3 Å². The van der Waals surface area contributed by atoms with E-state index in [1.807, 2.05) is 38.1 Å². The Morgan fingerprint density at radius 2 is 2.00 bits per heavy atom. The van der Waals surface area contributed by atoms with Crippen LogP contribution in [-0.4, -0.2) is 73.4 Å². The number of ether oxygens (including phenoxy) is 1. The predicted octanol–water partition coefficient (Wildman–Crippen LogP) is 1.95. The SMILES string of the molecule is CCNC(=NCc1cccc(NC(=O)C2CCCC2)c1)NCC(C)(O)CN1CCOCC1. The van der Waals surface area contributed by atoms with Crippen LogP contribution >= 0.6 is 0 Å². The zero-order chi connectivity index (χ0) is 22.8. The molecule has 4 N–H and O–H groups in total. The second-order valence-corrected chi connectivity index (χ2v) is 9.11. The van der Waals surface area contributed by atoms with E-state index in [1.165, 1.54) is 0 Å². The number of hydrogen-bond donors (Lipinski definition) is 4. The van der Waals surface area contributed by atoms with Crippen LogP contribution in [0.3, 0.4) is 0 Å². The summed E-state index contributed by atoms with van der Waals surface area (Å²) in [5.41, 5.74) is 0.963. The largest absolute Gasteiger partial charge is 0.387 e. The fourth-order valence-electron chi connectivity index (χ4n) is 4.26. The van der Waals surface area contributed by atoms with Crippen LogP contribution in [0, 0.1) is 5.92 Å². The van der Waals surface area contributed by atoms with Gasteiger partial charge in [0.25, 0.3) is 0 Å². The topological polar surface area (TPSA) is 98.2 Å². The van der Waals surface area contributed by atoms with Gasteiger partial charge in [-0.15, -0.1) is 0 Å². The molecule has 8 nitrogen and oxygen atoms in total. The second kappa shape index (κ2) is 12.2. The average molecular weight is 446 g/mol. The van der Waals surface area contributed by atoms with Gasteiger partial charge in [-0.3, -0.25) is 9.69 Å². The smallest absolute Gasteiger partial charge is 0.227 e. The molecule has 8 heteroatoms. The number of nitrogens with zero attached hydrogens (tertiary/aromatic N) is 2. The molecule has 1 amide bonds. The van der Waals surface area contributed by atoms with E-state index in [0.717, 1.165) is 56.6 Å². The van der Waals surface area contributed by atoms with Crippen LogP contribution in [0.2, 0.25) is 0 Å². The van der Waals surface area contributed by atoms with Crippen molar-refractivity contribution in [1.82, 2.24) is 15.5 Å². The minimum Gasteiger partial charge on any atom is -0.387 e. The van der Waals surface area contributed by atoms with E-state index in [-0.39, 0.29) is 11.8 Å². The zero-order valence-corrected chi connectivity index (χ0v) is 19.5. The first-order valence-electron chi connectivity index (χ1n) is 11.9. The molecule has 1 aromatic rings. The average Bonchev–Trinajstić information content (AvgIpc) is 3.32. The molecule has 1 heterocycles. The van der Waals surface area contributed by atoms with Gasteiger partial charge in [-0.05, 0) is 44.4 Å². The lowest BCUT2D eigenvalue weighted by molar-refractivity contribution is -0.119. The molecule has 0 spiro atoms. The normalized spacial score (nSPS) is 20.0. The fourth-order valence-corrected chi connectivity index (χ4v) is 4.26. The molecule has 1 atom stereocenters. The van der Waals surface area contributed by atoms with Gasteiger partial charge in [0.2, 0.25) is 5.91 Å². The van der Waals surface area contributed by atoms with Crippen molar-refractivity contribution in [2.24, 2.45) is 10.9 Å². The molecule has 0 bridgehead atoms. The molecule has 1 saturated heterocycles. The van der Waals surface area contributed by atoms with Crippen LogP contribution in [-0.2, 0) is 16.1 Å². The molecule has 1 unspecified atom stereocenters. The number of amides is 1. The Hall–Kier alpha value is -2.16. The van der Waals surface area contributed by atoms with Crippen LogP contribution in [0.15, 0.2) is 29.3 Å². The van der Waals surface area contributed by atoms with Crippen molar-refractivity contribution < 1.29 is 14.6 Å². The summed E-state index contributed by atoms with van der Waals surface area (Å²) in [4.78, 5) is 19.3. The Bertz CT molecular complexity index is 756. The van der Waals surface area contributed by atoms with Crippen molar-refractivity contribution in [1.29, 1.82) is 0 Å². The summed E-state index contributed by atoms with van der Waals surface area (Å²) in [7, 11) is 0. The Labute approximate surface area is 191 Å². The summed E-state index contributed by atoms with van der Waals surface area (Å²) in [6, 6.07) is 7.86. The summed E-state index contributed by atoms with van der Waals surface area (Å²) < 4.78 is 5.38. The van der Waals surface area contributed by atoms with Gasteiger partial charge in [-0.1, -0.05) is 25.0 Å². The Morgan fingerprint density at radius 3 is 2.72 bits per heavy atom. The van der Waals surface area contributed by atoms with E-state index in [2.05, 4.69) is 25.8 Å². The van der Waals surface area contributed by atoms with Crippen molar-refractivity contribution in [2.45, 2.75) is 51.7 Å². The van der Waals surface area contributed by atoms with Crippen LogP contribution in [0.4, 0.5) is 5.69 Å². The van der Waals surface area contributed by atoms with Gasteiger partial charge < -0.3 is 25.8 Å². The minimum absolute atomic E-state index is 0.126. The first kappa shape index (κ1) is 24.5. The Balaban J connectivity index is 1.53. The predicted molar refractivity (Wildman–Crippen MR) is 128 cm³/mol. The number of morpholine rings is 1. The number of carbonyl (C=O) groups excluding carboxylic acids is 1. The van der Waals surface area contributed by atoms with Crippen LogP contribution < -0.4 is 16.0 Å². The van der Waals surface area contributed by atoms with Gasteiger partial charge in [-0.25, -0.2) is 4.99 Å². The van der Waals surface area contributed by atoms with Crippen molar-refractivity contribution in [3.8, 4) is 0 Å². The number of carbonyl (C=O) groups is 1. The van der Waals surface area contributed by atoms with Gasteiger partial charge >= 0.3 is 0 Å². The molecular weight excluding hydrogens is 406 g/mol. The monoisotopic (exact) mass is 445 g/mol. The molecule has 2 aliphatic rings. The number of nitrogens with one attached hydrogen (secondary N) is 3. The molecule has 0 aromatic heterocycles. The highest BCUT2D eigenvalue weighted by molar-refractivity contribution is 5.92. The summed E-state index contributed by atoms with van der Waals surface area (Å²) in [5, 5.41) is 20.4. The van der Waals surface area contributed by atoms with E-state index in [9.17, 15) is 9.90 Å². The van der Waals surface area contributed by atoms with Gasteiger partial charge in [-0.2, -0.15) is 0 Å². The standard InChI is InChI=1S/C24H39N5O3/c1-3-25-23(27-17-24(2,31)18-29-11-13-32-14-12-29)26-16-19-7-6-10-21(15-19)28-22(30)20-8-4-5-9-20/h6-7,10,15,20,31H,3-5,8-9,11-14,16-18H2,1-2H3,(H,28,30)(H2,25,26,27). The highest BCUT2D eigenvalue weighted by Gasteiger charge is 2.25. The number of aliphatic hydroxyl groups is 1. The lowest BCUT2D eigenvalue weighted by atomic mass is 10.1. The number of benzene rings is 1. The maximum absolute atomic E-state index is 12.4. The third-order valence-corrected chi connectivity index (χ3v) is 5.99. The van der Waals surface area contributed by atoms with E-state index in [1.54, 1.807) is 0 Å². The molecule has 2 fully saturated rings. The maximum Gasteiger partial charge on any atom is 0.227 e. The molecule has 0 radical (unpaired) electrons. The molecular formula is C24H39N5O3. The van der Waals surface area contributed by atoms with E-state index in [4.69, 9.17) is 4.74 Å². The summed E-state index contributed by atoms with van der Waals surface area (Å²) in [6.45, 7) is 9.18. The first-order chi connectivity index (χ1) is 15.4. The minimum atomic E-state index is -0.877. The quantitative estimate of drug-likeness (QED) is 0.343. The number of anilines is 1. The molecule has 1 aliphatic carbocycles. The van der Waals surface area contributed by atoms with Crippen molar-refractivity contribution in [3.63, 3.8) is 0 Å². The van der Waals surface area contributed by atoms with Crippen molar-refractivity contribution in [2.75, 3.05) is 51.3 Å². The Morgan fingerprint density at radius 1 is 1.25 bits per heavy atom. The number of rotatable bonds is 9. The lowest BCUT2D eigenvalue weighted by Gasteiger charge is -2.34. The molecule has 178 valence electrons. The number of guanidine groups is 1. The van der Waals surface area contributed by atoms with Crippen LogP contribution in [0.25, 0.3) is 0 Å². The van der Waals surface area contributed by atoms with E-state index in [0.29, 0.717) is 38.8 Å². The van der Waals surface area contributed by atoms with Gasteiger partial charge in [0.15, 0.2) is 5.96 Å². The lowest BCUT2D eigenvalue weighted by Crippen LogP contribution is -2.52. The number of β-amino-alcohol motifs (C(OH)–C–C–N with tert-alkyl or cyclic N) is 1. The third kappa shape index (κ3) is 8.07.